The van der Waals surface area contributed by atoms with Crippen molar-refractivity contribution in [2.24, 2.45) is 0 Å². The number of rotatable bonds is 4. The molecule has 1 heterocycles. The largest absolute Gasteiger partial charge is 0.452 e. The lowest BCUT2D eigenvalue weighted by atomic mass is 10.2. The molecular weight excluding hydrogens is 355 g/mol. The summed E-state index contributed by atoms with van der Waals surface area (Å²) in [5, 5.41) is 3.05. The second-order valence-corrected chi connectivity index (χ2v) is 5.52. The second kappa shape index (κ2) is 6.90. The van der Waals surface area contributed by atoms with E-state index in [1.807, 2.05) is 0 Å². The fourth-order valence-electron chi connectivity index (χ4n) is 2.05. The molecule has 0 aliphatic heterocycles. The number of nitrogens with one attached hydrogen (secondary N) is 1. The summed E-state index contributed by atoms with van der Waals surface area (Å²) >= 11 is 11.8. The van der Waals surface area contributed by atoms with Crippen LogP contribution in [0.4, 0.5) is 5.69 Å². The Bertz CT molecular complexity index is 923. The van der Waals surface area contributed by atoms with Gasteiger partial charge in [-0.2, -0.15) is 0 Å². The van der Waals surface area contributed by atoms with Crippen LogP contribution in [0.1, 0.15) is 10.4 Å². The molecule has 0 atom stereocenters. The number of anilines is 1. The van der Waals surface area contributed by atoms with E-state index in [9.17, 15) is 9.59 Å². The van der Waals surface area contributed by atoms with Gasteiger partial charge < -0.3 is 14.5 Å². The number of ether oxygens (including phenoxy) is 1. The number of fused-ring (bicyclic) bond motifs is 1. The van der Waals surface area contributed by atoms with Gasteiger partial charge in [-0.1, -0.05) is 35.3 Å². The van der Waals surface area contributed by atoms with E-state index in [-0.39, 0.29) is 10.6 Å². The Morgan fingerprint density at radius 2 is 1.96 bits per heavy atom. The Hall–Kier alpha value is -2.57. The van der Waals surface area contributed by atoms with E-state index >= 15 is 0 Å². The standard InChI is InChI=1S/C16H10Cl2N2O4/c17-10-4-2-5-11(14(10)18)20-13(21)7-23-16(22)9-3-1-6-12-15(9)19-8-24-12/h1-6,8H,7H2,(H,20,21). The zero-order chi connectivity index (χ0) is 17.1. The number of esters is 1. The SMILES string of the molecule is O=C(COC(=O)c1cccc2ocnc12)Nc1cccc(Cl)c1Cl. The van der Waals surface area contributed by atoms with E-state index in [1.54, 1.807) is 36.4 Å². The van der Waals surface area contributed by atoms with Crippen molar-refractivity contribution in [3.8, 4) is 0 Å². The van der Waals surface area contributed by atoms with Gasteiger partial charge in [-0.15, -0.1) is 0 Å². The fraction of sp³-hybridized carbons (Fsp3) is 0.0625. The molecule has 1 amide bonds. The molecule has 1 N–H and O–H groups in total. The van der Waals surface area contributed by atoms with Crippen molar-refractivity contribution in [2.75, 3.05) is 11.9 Å². The summed E-state index contributed by atoms with van der Waals surface area (Å²) < 4.78 is 10.1. The monoisotopic (exact) mass is 364 g/mol. The number of nitrogens with zero attached hydrogens (tertiary/aromatic N) is 1. The molecule has 0 saturated heterocycles. The van der Waals surface area contributed by atoms with Crippen LogP contribution in [-0.2, 0) is 9.53 Å². The van der Waals surface area contributed by atoms with Crippen molar-refractivity contribution in [1.29, 1.82) is 0 Å². The number of aromatic nitrogens is 1. The highest BCUT2D eigenvalue weighted by Gasteiger charge is 2.16. The van der Waals surface area contributed by atoms with Crippen LogP contribution in [0.25, 0.3) is 11.1 Å². The summed E-state index contributed by atoms with van der Waals surface area (Å²) in [6.45, 7) is -0.476. The number of hydrogen-bond donors (Lipinski definition) is 1. The van der Waals surface area contributed by atoms with Gasteiger partial charge in [0.2, 0.25) is 0 Å². The zero-order valence-corrected chi connectivity index (χ0v) is 13.6. The van der Waals surface area contributed by atoms with Gasteiger partial charge >= 0.3 is 5.97 Å². The van der Waals surface area contributed by atoms with Crippen LogP contribution in [-0.4, -0.2) is 23.5 Å². The lowest BCUT2D eigenvalue weighted by Gasteiger charge is -2.09. The summed E-state index contributed by atoms with van der Waals surface area (Å²) in [5.74, 6) is -1.22. The molecule has 0 saturated carbocycles. The number of amides is 1. The molecule has 2 aromatic carbocycles. The van der Waals surface area contributed by atoms with E-state index in [0.717, 1.165) is 0 Å². The van der Waals surface area contributed by atoms with Gasteiger partial charge in [0.25, 0.3) is 5.91 Å². The van der Waals surface area contributed by atoms with Crippen molar-refractivity contribution in [2.45, 2.75) is 0 Å². The van der Waals surface area contributed by atoms with Gasteiger partial charge in [0.05, 0.1) is 21.3 Å². The molecule has 0 spiro atoms. The van der Waals surface area contributed by atoms with Gasteiger partial charge in [-0.3, -0.25) is 4.79 Å². The van der Waals surface area contributed by atoms with Gasteiger partial charge in [0.1, 0.15) is 5.52 Å². The number of oxazole rings is 1. The molecule has 0 aliphatic rings. The average molecular weight is 365 g/mol. The van der Waals surface area contributed by atoms with Gasteiger partial charge in [-0.25, -0.2) is 9.78 Å². The van der Waals surface area contributed by atoms with E-state index in [1.165, 1.54) is 6.39 Å². The van der Waals surface area contributed by atoms with Crippen molar-refractivity contribution in [1.82, 2.24) is 4.98 Å². The van der Waals surface area contributed by atoms with E-state index in [2.05, 4.69) is 10.3 Å². The topological polar surface area (TPSA) is 81.4 Å². The molecule has 122 valence electrons. The van der Waals surface area contributed by atoms with Crippen molar-refractivity contribution in [3.63, 3.8) is 0 Å². The van der Waals surface area contributed by atoms with Crippen LogP contribution in [0.15, 0.2) is 47.2 Å². The van der Waals surface area contributed by atoms with Crippen molar-refractivity contribution < 1.29 is 18.7 Å². The molecular formula is C16H10Cl2N2O4. The van der Waals surface area contributed by atoms with Crippen molar-refractivity contribution in [3.05, 3.63) is 58.4 Å². The average Bonchev–Trinajstić information content (AvgIpc) is 3.05. The predicted molar refractivity (Wildman–Crippen MR) is 89.4 cm³/mol. The fourth-order valence-corrected chi connectivity index (χ4v) is 2.39. The van der Waals surface area contributed by atoms with Crippen LogP contribution in [0.3, 0.4) is 0 Å². The maximum Gasteiger partial charge on any atom is 0.340 e. The second-order valence-electron chi connectivity index (χ2n) is 4.73. The van der Waals surface area contributed by atoms with E-state index in [0.29, 0.717) is 21.8 Å². The zero-order valence-electron chi connectivity index (χ0n) is 12.1. The van der Waals surface area contributed by atoms with Gasteiger partial charge in [0, 0.05) is 0 Å². The third-order valence-corrected chi connectivity index (χ3v) is 3.96. The highest BCUT2D eigenvalue weighted by Crippen LogP contribution is 2.29. The van der Waals surface area contributed by atoms with Crippen LogP contribution in [0.5, 0.6) is 0 Å². The normalized spacial score (nSPS) is 10.6. The van der Waals surface area contributed by atoms with Crippen LogP contribution in [0, 0.1) is 0 Å². The van der Waals surface area contributed by atoms with E-state index < -0.39 is 18.5 Å². The Labute approximate surface area is 146 Å². The third-order valence-electron chi connectivity index (χ3n) is 3.14. The van der Waals surface area contributed by atoms with Crippen LogP contribution < -0.4 is 5.32 Å². The van der Waals surface area contributed by atoms with Crippen LogP contribution in [0.2, 0.25) is 10.0 Å². The number of halogens is 2. The minimum absolute atomic E-state index is 0.214. The molecule has 0 fully saturated rings. The first kappa shape index (κ1) is 16.3. The Morgan fingerprint density at radius 3 is 2.79 bits per heavy atom. The molecule has 0 bridgehead atoms. The number of benzene rings is 2. The number of carbonyl (C=O) groups excluding carboxylic acids is 2. The molecule has 24 heavy (non-hydrogen) atoms. The molecule has 0 unspecified atom stereocenters. The van der Waals surface area contributed by atoms with E-state index in [4.69, 9.17) is 32.4 Å². The minimum atomic E-state index is -0.679. The Balaban J connectivity index is 1.65. The summed E-state index contributed by atoms with van der Waals surface area (Å²) in [5.41, 5.74) is 1.39. The first-order chi connectivity index (χ1) is 11.6. The third kappa shape index (κ3) is 3.34. The molecule has 1 aromatic heterocycles. The van der Waals surface area contributed by atoms with Crippen molar-refractivity contribution >= 4 is 51.9 Å². The molecule has 8 heteroatoms. The number of hydrogen-bond acceptors (Lipinski definition) is 5. The lowest BCUT2D eigenvalue weighted by molar-refractivity contribution is -0.119. The first-order valence-corrected chi connectivity index (χ1v) is 7.55. The first-order valence-electron chi connectivity index (χ1n) is 6.79. The summed E-state index contributed by atoms with van der Waals surface area (Å²) in [6, 6.07) is 9.67. The van der Waals surface area contributed by atoms with Gasteiger partial charge in [0.15, 0.2) is 18.6 Å². The quantitative estimate of drug-likeness (QED) is 0.709. The number of para-hydroxylation sites is 1. The maximum absolute atomic E-state index is 12.1. The van der Waals surface area contributed by atoms with Gasteiger partial charge in [-0.05, 0) is 24.3 Å². The molecule has 6 nitrogen and oxygen atoms in total. The Kier molecular flexibility index (Phi) is 4.69. The highest BCUT2D eigenvalue weighted by molar-refractivity contribution is 6.44. The summed E-state index contributed by atoms with van der Waals surface area (Å²) in [6.07, 6.45) is 1.23. The summed E-state index contributed by atoms with van der Waals surface area (Å²) in [7, 11) is 0. The molecule has 3 rings (SSSR count). The smallest absolute Gasteiger partial charge is 0.340 e. The highest BCUT2D eigenvalue weighted by atomic mass is 35.5. The Morgan fingerprint density at radius 1 is 1.17 bits per heavy atom. The molecule has 0 aliphatic carbocycles. The minimum Gasteiger partial charge on any atom is -0.452 e. The molecule has 3 aromatic rings. The number of carbonyl (C=O) groups is 2. The maximum atomic E-state index is 12.1. The lowest BCUT2D eigenvalue weighted by Crippen LogP contribution is -2.21. The molecule has 0 radical (unpaired) electrons. The summed E-state index contributed by atoms with van der Waals surface area (Å²) in [4.78, 5) is 28.0. The predicted octanol–water partition coefficient (Wildman–Crippen LogP) is 3.93. The van der Waals surface area contributed by atoms with Crippen LogP contribution >= 0.6 is 23.2 Å².